The zero-order valence-corrected chi connectivity index (χ0v) is 11.2. The second-order valence-corrected chi connectivity index (χ2v) is 5.18. The second kappa shape index (κ2) is 5.88. The minimum absolute atomic E-state index is 0.0938. The first-order valence-electron chi connectivity index (χ1n) is 6.86. The van der Waals surface area contributed by atoms with Crippen molar-refractivity contribution in [3.8, 4) is 0 Å². The molecular formula is C15H18N4O. The van der Waals surface area contributed by atoms with Crippen LogP contribution in [0.2, 0.25) is 0 Å². The van der Waals surface area contributed by atoms with E-state index < -0.39 is 0 Å². The van der Waals surface area contributed by atoms with E-state index in [1.807, 2.05) is 41.2 Å². The van der Waals surface area contributed by atoms with Gasteiger partial charge in [-0.05, 0) is 42.8 Å². The molecule has 20 heavy (non-hydrogen) atoms. The van der Waals surface area contributed by atoms with Crippen LogP contribution in [-0.2, 0) is 11.3 Å². The Kier molecular flexibility index (Phi) is 3.78. The third kappa shape index (κ3) is 3.24. The fourth-order valence-corrected chi connectivity index (χ4v) is 2.24. The molecule has 1 saturated heterocycles. The summed E-state index contributed by atoms with van der Waals surface area (Å²) < 4.78 is 1.87. The third-order valence-electron chi connectivity index (χ3n) is 3.48. The average molecular weight is 270 g/mol. The molecule has 1 aromatic heterocycles. The lowest BCUT2D eigenvalue weighted by Crippen LogP contribution is -2.43. The smallest absolute Gasteiger partial charge is 0.224 e. The Morgan fingerprint density at radius 3 is 2.75 bits per heavy atom. The lowest BCUT2D eigenvalue weighted by molar-refractivity contribution is -0.117. The number of rotatable bonds is 5. The summed E-state index contributed by atoms with van der Waals surface area (Å²) in [4.78, 5) is 11.8. The van der Waals surface area contributed by atoms with Gasteiger partial charge in [-0.1, -0.05) is 12.1 Å². The Bertz CT molecular complexity index is 558. The predicted octanol–water partition coefficient (Wildman–Crippen LogP) is 1.48. The molecular weight excluding hydrogens is 252 g/mol. The zero-order chi connectivity index (χ0) is 13.8. The van der Waals surface area contributed by atoms with Crippen molar-refractivity contribution < 1.29 is 4.79 Å². The number of anilines is 1. The Morgan fingerprint density at radius 1 is 1.35 bits per heavy atom. The zero-order valence-electron chi connectivity index (χ0n) is 11.2. The van der Waals surface area contributed by atoms with Gasteiger partial charge in [-0.2, -0.15) is 5.10 Å². The SMILES string of the molecule is O=C(CC1CNC1)Nc1ccc(Cn2cccn2)cc1. The fourth-order valence-electron chi connectivity index (χ4n) is 2.24. The van der Waals surface area contributed by atoms with E-state index in [2.05, 4.69) is 15.7 Å². The van der Waals surface area contributed by atoms with Gasteiger partial charge in [-0.25, -0.2) is 0 Å². The van der Waals surface area contributed by atoms with Crippen LogP contribution >= 0.6 is 0 Å². The van der Waals surface area contributed by atoms with Crippen LogP contribution < -0.4 is 10.6 Å². The summed E-state index contributed by atoms with van der Waals surface area (Å²) in [6, 6.07) is 9.82. The Balaban J connectivity index is 1.54. The molecule has 0 bridgehead atoms. The Labute approximate surface area is 118 Å². The lowest BCUT2D eigenvalue weighted by atomic mass is 9.99. The minimum atomic E-state index is 0.0938. The van der Waals surface area contributed by atoms with E-state index in [4.69, 9.17) is 0 Å². The van der Waals surface area contributed by atoms with Crippen molar-refractivity contribution in [3.63, 3.8) is 0 Å². The molecule has 0 unspecified atom stereocenters. The van der Waals surface area contributed by atoms with Crippen molar-refractivity contribution in [2.24, 2.45) is 5.92 Å². The topological polar surface area (TPSA) is 59.0 Å². The molecule has 0 aliphatic carbocycles. The van der Waals surface area contributed by atoms with Gasteiger partial charge in [0.2, 0.25) is 5.91 Å². The number of benzene rings is 1. The number of amides is 1. The summed E-state index contributed by atoms with van der Waals surface area (Å²) in [6.45, 7) is 2.65. The first-order valence-corrected chi connectivity index (χ1v) is 6.86. The molecule has 0 atom stereocenters. The van der Waals surface area contributed by atoms with E-state index in [0.29, 0.717) is 12.3 Å². The van der Waals surface area contributed by atoms with Gasteiger partial charge in [-0.3, -0.25) is 9.48 Å². The van der Waals surface area contributed by atoms with Gasteiger partial charge in [0, 0.05) is 24.5 Å². The van der Waals surface area contributed by atoms with Gasteiger partial charge in [0.1, 0.15) is 0 Å². The van der Waals surface area contributed by atoms with E-state index in [0.717, 1.165) is 30.9 Å². The van der Waals surface area contributed by atoms with Gasteiger partial charge < -0.3 is 10.6 Å². The molecule has 2 aromatic rings. The highest BCUT2D eigenvalue weighted by molar-refractivity contribution is 5.90. The molecule has 5 nitrogen and oxygen atoms in total. The number of hydrogen-bond acceptors (Lipinski definition) is 3. The molecule has 1 amide bonds. The first kappa shape index (κ1) is 12.9. The lowest BCUT2D eigenvalue weighted by Gasteiger charge is -2.26. The minimum Gasteiger partial charge on any atom is -0.326 e. The summed E-state index contributed by atoms with van der Waals surface area (Å²) in [5.74, 6) is 0.588. The van der Waals surface area contributed by atoms with Crippen LogP contribution in [0.3, 0.4) is 0 Å². The molecule has 5 heteroatoms. The van der Waals surface area contributed by atoms with Crippen molar-refractivity contribution >= 4 is 11.6 Å². The molecule has 104 valence electrons. The van der Waals surface area contributed by atoms with Crippen LogP contribution in [0.15, 0.2) is 42.7 Å². The van der Waals surface area contributed by atoms with E-state index in [1.165, 1.54) is 0 Å². The summed E-state index contributed by atoms with van der Waals surface area (Å²) in [6.07, 6.45) is 4.30. The molecule has 2 N–H and O–H groups in total. The largest absolute Gasteiger partial charge is 0.326 e. The van der Waals surface area contributed by atoms with Crippen molar-refractivity contribution in [1.29, 1.82) is 0 Å². The van der Waals surface area contributed by atoms with Crippen LogP contribution in [0.4, 0.5) is 5.69 Å². The second-order valence-electron chi connectivity index (χ2n) is 5.18. The highest BCUT2D eigenvalue weighted by Crippen LogP contribution is 2.13. The molecule has 0 radical (unpaired) electrons. The summed E-state index contributed by atoms with van der Waals surface area (Å²) >= 11 is 0. The number of aromatic nitrogens is 2. The van der Waals surface area contributed by atoms with Crippen LogP contribution in [0.25, 0.3) is 0 Å². The molecule has 1 aromatic carbocycles. The Hall–Kier alpha value is -2.14. The standard InChI is InChI=1S/C15H18N4O/c20-15(8-13-9-16-10-13)18-14-4-2-12(3-5-14)11-19-7-1-6-17-19/h1-7,13,16H,8-11H2,(H,18,20). The average Bonchev–Trinajstić information content (AvgIpc) is 2.89. The van der Waals surface area contributed by atoms with Crippen LogP contribution in [-0.4, -0.2) is 28.8 Å². The van der Waals surface area contributed by atoms with Crippen LogP contribution in [0.1, 0.15) is 12.0 Å². The first-order chi connectivity index (χ1) is 9.79. The molecule has 3 rings (SSSR count). The number of nitrogens with one attached hydrogen (secondary N) is 2. The van der Waals surface area contributed by atoms with E-state index in [1.54, 1.807) is 6.20 Å². The van der Waals surface area contributed by atoms with Gasteiger partial charge in [0.15, 0.2) is 0 Å². The maximum Gasteiger partial charge on any atom is 0.224 e. The van der Waals surface area contributed by atoms with Crippen molar-refractivity contribution in [2.75, 3.05) is 18.4 Å². The summed E-state index contributed by atoms with van der Waals surface area (Å²) in [5.41, 5.74) is 2.02. The van der Waals surface area contributed by atoms with Gasteiger partial charge in [0.05, 0.1) is 6.54 Å². The monoisotopic (exact) mass is 270 g/mol. The third-order valence-corrected chi connectivity index (χ3v) is 3.48. The number of hydrogen-bond donors (Lipinski definition) is 2. The van der Waals surface area contributed by atoms with E-state index in [9.17, 15) is 4.79 Å². The number of carbonyl (C=O) groups is 1. The van der Waals surface area contributed by atoms with Crippen LogP contribution in [0.5, 0.6) is 0 Å². The normalized spacial score (nSPS) is 14.8. The van der Waals surface area contributed by atoms with E-state index in [-0.39, 0.29) is 5.91 Å². The summed E-state index contributed by atoms with van der Waals surface area (Å²) in [5, 5.41) is 10.3. The summed E-state index contributed by atoms with van der Waals surface area (Å²) in [7, 11) is 0. The molecule has 1 aliphatic heterocycles. The quantitative estimate of drug-likeness (QED) is 0.865. The van der Waals surface area contributed by atoms with Crippen molar-refractivity contribution in [2.45, 2.75) is 13.0 Å². The van der Waals surface area contributed by atoms with Crippen molar-refractivity contribution in [1.82, 2.24) is 15.1 Å². The molecule has 1 aliphatic rings. The Morgan fingerprint density at radius 2 is 2.15 bits per heavy atom. The number of nitrogens with zero attached hydrogens (tertiary/aromatic N) is 2. The van der Waals surface area contributed by atoms with Gasteiger partial charge in [-0.15, -0.1) is 0 Å². The van der Waals surface area contributed by atoms with Crippen molar-refractivity contribution in [3.05, 3.63) is 48.3 Å². The van der Waals surface area contributed by atoms with Gasteiger partial charge >= 0.3 is 0 Å². The van der Waals surface area contributed by atoms with Gasteiger partial charge in [0.25, 0.3) is 0 Å². The number of carbonyl (C=O) groups excluding carboxylic acids is 1. The predicted molar refractivity (Wildman–Crippen MR) is 77.4 cm³/mol. The van der Waals surface area contributed by atoms with Crippen LogP contribution in [0, 0.1) is 5.92 Å². The highest BCUT2D eigenvalue weighted by atomic mass is 16.1. The maximum absolute atomic E-state index is 11.8. The van der Waals surface area contributed by atoms with E-state index >= 15 is 0 Å². The molecule has 0 spiro atoms. The fraction of sp³-hybridized carbons (Fsp3) is 0.333. The maximum atomic E-state index is 11.8. The highest BCUT2D eigenvalue weighted by Gasteiger charge is 2.19. The molecule has 1 fully saturated rings. The molecule has 0 saturated carbocycles. The molecule has 2 heterocycles.